The molecule has 32 heavy (non-hydrogen) atoms. The number of halogens is 3. The molecule has 6 nitrogen and oxygen atoms in total. The fourth-order valence-electron chi connectivity index (χ4n) is 3.61. The van der Waals surface area contributed by atoms with Crippen molar-refractivity contribution in [2.24, 2.45) is 0 Å². The first-order chi connectivity index (χ1) is 15.4. The lowest BCUT2D eigenvalue weighted by molar-refractivity contribution is 0.0952. The molecule has 0 aliphatic carbocycles. The maximum Gasteiger partial charge on any atom is 0.252 e. The highest BCUT2D eigenvalue weighted by atomic mass is 35.5. The van der Waals surface area contributed by atoms with Gasteiger partial charge in [0.1, 0.15) is 6.61 Å². The van der Waals surface area contributed by atoms with Crippen molar-refractivity contribution in [1.29, 1.82) is 0 Å². The number of rotatable bonds is 7. The Balaban J connectivity index is 1.36. The van der Waals surface area contributed by atoms with E-state index in [0.717, 1.165) is 18.7 Å². The Morgan fingerprint density at radius 2 is 1.97 bits per heavy atom. The van der Waals surface area contributed by atoms with Crippen molar-refractivity contribution in [2.45, 2.75) is 18.9 Å². The molecule has 2 heterocycles. The van der Waals surface area contributed by atoms with Gasteiger partial charge in [-0.25, -0.2) is 4.98 Å². The number of anilines is 2. The summed E-state index contributed by atoms with van der Waals surface area (Å²) < 4.78 is 5.75. The van der Waals surface area contributed by atoms with E-state index >= 15 is 0 Å². The number of nitrogens with one attached hydrogen (secondary N) is 2. The summed E-state index contributed by atoms with van der Waals surface area (Å²) >= 11 is 18.5. The van der Waals surface area contributed by atoms with Gasteiger partial charge in [-0.3, -0.25) is 4.79 Å². The highest BCUT2D eigenvalue weighted by Gasteiger charge is 2.22. The lowest BCUT2D eigenvalue weighted by atomic mass is 9.98. The van der Waals surface area contributed by atoms with Crippen molar-refractivity contribution < 1.29 is 9.53 Å². The Hall–Kier alpha value is -2.67. The summed E-state index contributed by atoms with van der Waals surface area (Å²) in [5.41, 5.74) is 9.17. The van der Waals surface area contributed by atoms with Crippen LogP contribution < -0.4 is 21.1 Å². The number of aromatic nitrogens is 1. The van der Waals surface area contributed by atoms with E-state index in [2.05, 4.69) is 15.6 Å². The molecule has 3 aromatic rings. The van der Waals surface area contributed by atoms with E-state index in [1.54, 1.807) is 24.3 Å². The van der Waals surface area contributed by atoms with Crippen molar-refractivity contribution in [2.75, 3.05) is 24.1 Å². The summed E-state index contributed by atoms with van der Waals surface area (Å²) in [7, 11) is 0. The zero-order valence-electron chi connectivity index (χ0n) is 17.0. The molecule has 4 N–H and O–H groups in total. The molecule has 0 bridgehead atoms. The summed E-state index contributed by atoms with van der Waals surface area (Å²) in [5, 5.41) is 7.98. The van der Waals surface area contributed by atoms with Crippen LogP contribution in [0.25, 0.3) is 0 Å². The van der Waals surface area contributed by atoms with Crippen molar-refractivity contribution in [3.63, 3.8) is 0 Å². The molecule has 1 amide bonds. The van der Waals surface area contributed by atoms with Crippen LogP contribution >= 0.6 is 34.8 Å². The molecule has 9 heteroatoms. The third-order valence-corrected chi connectivity index (χ3v) is 6.29. The molecule has 166 valence electrons. The number of carbonyl (C=O) groups is 1. The predicted octanol–water partition coefficient (Wildman–Crippen LogP) is 5.53. The molecule has 1 aromatic heterocycles. The molecule has 0 saturated heterocycles. The lowest BCUT2D eigenvalue weighted by Crippen LogP contribution is -2.26. The van der Waals surface area contributed by atoms with E-state index in [9.17, 15) is 4.79 Å². The molecular formula is C23H21Cl3N4O2. The first-order valence-electron chi connectivity index (χ1n) is 10.0. The van der Waals surface area contributed by atoms with Crippen LogP contribution in [-0.2, 0) is 6.61 Å². The summed E-state index contributed by atoms with van der Waals surface area (Å²) in [4.78, 5) is 16.7. The first kappa shape index (κ1) is 22.5. The molecular weight excluding hydrogens is 471 g/mol. The molecule has 1 unspecified atom stereocenters. The fourth-order valence-corrected chi connectivity index (χ4v) is 4.30. The number of nitrogens with zero attached hydrogens (tertiary/aromatic N) is 1. The van der Waals surface area contributed by atoms with Gasteiger partial charge in [0.05, 0.1) is 5.56 Å². The minimum absolute atomic E-state index is 0.103. The van der Waals surface area contributed by atoms with Crippen LogP contribution in [0.1, 0.15) is 33.8 Å². The number of nitrogens with two attached hydrogens (primary N) is 1. The van der Waals surface area contributed by atoms with Gasteiger partial charge in [-0.1, -0.05) is 40.9 Å². The van der Waals surface area contributed by atoms with E-state index < -0.39 is 0 Å². The van der Waals surface area contributed by atoms with Gasteiger partial charge in [0.25, 0.3) is 5.91 Å². The quantitative estimate of drug-likeness (QED) is 0.404. The SMILES string of the molecule is Nc1ncc(C(=O)NCCC2CNc3ccc(Cl)cc32)cc1OCc1c(Cl)cccc1Cl. The summed E-state index contributed by atoms with van der Waals surface area (Å²) in [5.74, 6) is 0.496. The van der Waals surface area contributed by atoms with Gasteiger partial charge in [-0.15, -0.1) is 0 Å². The Kier molecular flexibility index (Phi) is 6.94. The molecule has 1 aliphatic heterocycles. The van der Waals surface area contributed by atoms with Crippen LogP contribution in [0.15, 0.2) is 48.7 Å². The van der Waals surface area contributed by atoms with Gasteiger partial charge in [-0.05, 0) is 48.4 Å². The maximum atomic E-state index is 12.6. The van der Waals surface area contributed by atoms with Gasteiger partial charge in [0, 0.05) is 51.5 Å². The minimum Gasteiger partial charge on any atom is -0.485 e. The third kappa shape index (κ3) is 5.04. The summed E-state index contributed by atoms with van der Waals surface area (Å²) in [6.07, 6.45) is 2.20. The minimum atomic E-state index is -0.254. The van der Waals surface area contributed by atoms with Crippen LogP contribution in [0.5, 0.6) is 5.75 Å². The number of amides is 1. The molecule has 0 spiro atoms. The van der Waals surface area contributed by atoms with Crippen LogP contribution in [0.2, 0.25) is 15.1 Å². The zero-order valence-corrected chi connectivity index (χ0v) is 19.3. The molecule has 0 saturated carbocycles. The van der Waals surface area contributed by atoms with E-state index in [-0.39, 0.29) is 30.0 Å². The highest BCUT2D eigenvalue weighted by molar-refractivity contribution is 6.36. The zero-order chi connectivity index (χ0) is 22.7. The molecule has 0 radical (unpaired) electrons. The standard InChI is InChI=1S/C23H21Cl3N4O2/c24-15-4-5-20-16(9-15)13(10-29-20)6-7-28-23(31)14-8-21(22(27)30-11-14)32-12-17-18(25)2-1-3-19(17)26/h1-5,8-9,11,13,29H,6-7,10,12H2,(H2,27,30)(H,28,31). The Labute approximate surface area is 201 Å². The van der Waals surface area contributed by atoms with Crippen molar-refractivity contribution in [3.05, 3.63) is 80.4 Å². The monoisotopic (exact) mass is 490 g/mol. The molecule has 4 rings (SSSR count). The van der Waals surface area contributed by atoms with Gasteiger partial charge in [-0.2, -0.15) is 0 Å². The topological polar surface area (TPSA) is 89.3 Å². The normalized spacial score (nSPS) is 14.5. The van der Waals surface area contributed by atoms with E-state index in [4.69, 9.17) is 45.3 Å². The van der Waals surface area contributed by atoms with E-state index in [0.29, 0.717) is 32.7 Å². The number of pyridine rings is 1. The van der Waals surface area contributed by atoms with Crippen molar-refractivity contribution in [3.8, 4) is 5.75 Å². The Morgan fingerprint density at radius 1 is 1.19 bits per heavy atom. The number of benzene rings is 2. The Morgan fingerprint density at radius 3 is 2.75 bits per heavy atom. The first-order valence-corrected chi connectivity index (χ1v) is 11.2. The summed E-state index contributed by atoms with van der Waals surface area (Å²) in [6, 6.07) is 12.6. The maximum absolute atomic E-state index is 12.6. The number of ether oxygens (including phenoxy) is 1. The second-order valence-electron chi connectivity index (χ2n) is 7.45. The smallest absolute Gasteiger partial charge is 0.252 e. The van der Waals surface area contributed by atoms with Gasteiger partial charge in [0.2, 0.25) is 0 Å². The predicted molar refractivity (Wildman–Crippen MR) is 129 cm³/mol. The molecule has 0 fully saturated rings. The second kappa shape index (κ2) is 9.86. The molecule has 1 atom stereocenters. The number of carbonyl (C=O) groups excluding carboxylic acids is 1. The van der Waals surface area contributed by atoms with Crippen LogP contribution in [0, 0.1) is 0 Å². The number of hydrogen-bond donors (Lipinski definition) is 3. The second-order valence-corrected chi connectivity index (χ2v) is 8.70. The van der Waals surface area contributed by atoms with E-state index in [1.165, 1.54) is 11.8 Å². The van der Waals surface area contributed by atoms with Crippen molar-refractivity contribution >= 4 is 52.2 Å². The average molecular weight is 492 g/mol. The summed E-state index contributed by atoms with van der Waals surface area (Å²) in [6.45, 7) is 1.43. The number of fused-ring (bicyclic) bond motifs is 1. The van der Waals surface area contributed by atoms with Gasteiger partial charge < -0.3 is 21.1 Å². The lowest BCUT2D eigenvalue weighted by Gasteiger charge is -2.13. The van der Waals surface area contributed by atoms with Gasteiger partial charge >= 0.3 is 0 Å². The van der Waals surface area contributed by atoms with Gasteiger partial charge in [0.15, 0.2) is 11.6 Å². The van der Waals surface area contributed by atoms with E-state index in [1.807, 2.05) is 18.2 Å². The highest BCUT2D eigenvalue weighted by Crippen LogP contribution is 2.35. The third-order valence-electron chi connectivity index (χ3n) is 5.35. The van der Waals surface area contributed by atoms with Crippen LogP contribution in [0.4, 0.5) is 11.5 Å². The largest absolute Gasteiger partial charge is 0.485 e. The number of hydrogen-bond acceptors (Lipinski definition) is 5. The van der Waals surface area contributed by atoms with Crippen LogP contribution in [-0.4, -0.2) is 24.0 Å². The average Bonchev–Trinajstić information content (AvgIpc) is 3.16. The van der Waals surface area contributed by atoms with Crippen LogP contribution in [0.3, 0.4) is 0 Å². The number of nitrogen functional groups attached to an aromatic ring is 1. The molecule has 1 aliphatic rings. The Bertz CT molecular complexity index is 1140. The van der Waals surface area contributed by atoms with Crippen molar-refractivity contribution in [1.82, 2.24) is 10.3 Å². The fraction of sp³-hybridized carbons (Fsp3) is 0.217. The molecule has 2 aromatic carbocycles.